The van der Waals surface area contributed by atoms with E-state index in [9.17, 15) is 9.59 Å². The van der Waals surface area contributed by atoms with Crippen LogP contribution < -0.4 is 0 Å². The summed E-state index contributed by atoms with van der Waals surface area (Å²) >= 11 is 0. The number of benzene rings is 2. The molecule has 1 aliphatic heterocycles. The summed E-state index contributed by atoms with van der Waals surface area (Å²) in [5.74, 6) is -0.0702. The maximum atomic E-state index is 13.3. The Morgan fingerprint density at radius 1 is 0.962 bits per heavy atom. The molecule has 1 saturated heterocycles. The molecule has 1 fully saturated rings. The summed E-state index contributed by atoms with van der Waals surface area (Å²) in [6.07, 6.45) is 0.317. The molecule has 136 valence electrons. The number of carbonyl (C=O) groups is 2. The van der Waals surface area contributed by atoms with E-state index >= 15 is 0 Å². The van der Waals surface area contributed by atoms with Gasteiger partial charge in [0, 0.05) is 18.0 Å². The average Bonchev–Trinajstić information content (AvgIpc) is 3.06. The van der Waals surface area contributed by atoms with Crippen LogP contribution in [0.4, 0.5) is 4.79 Å². The van der Waals surface area contributed by atoms with Gasteiger partial charge in [-0.05, 0) is 32.8 Å². The largest absolute Gasteiger partial charge is 0.444 e. The number of Topliss-reactive ketones (excluding diaryl/α,β-unsaturated/α-hetero) is 1. The third kappa shape index (κ3) is 3.96. The summed E-state index contributed by atoms with van der Waals surface area (Å²) in [6.45, 7) is 6.02. The molecule has 1 amide bonds. The van der Waals surface area contributed by atoms with Crippen LogP contribution in [0.2, 0.25) is 0 Å². The summed E-state index contributed by atoms with van der Waals surface area (Å²) in [6, 6.07) is 18.6. The molecule has 0 N–H and O–H groups in total. The second-order valence-corrected chi connectivity index (χ2v) is 7.65. The van der Waals surface area contributed by atoms with Crippen LogP contribution in [0.5, 0.6) is 0 Å². The van der Waals surface area contributed by atoms with E-state index in [2.05, 4.69) is 0 Å². The molecule has 3 rings (SSSR count). The van der Waals surface area contributed by atoms with Gasteiger partial charge in [-0.3, -0.25) is 9.69 Å². The predicted octanol–water partition coefficient (Wildman–Crippen LogP) is 4.66. The van der Waals surface area contributed by atoms with E-state index in [-0.39, 0.29) is 11.7 Å². The van der Waals surface area contributed by atoms with E-state index in [0.717, 1.165) is 12.0 Å². The van der Waals surface area contributed by atoms with Crippen molar-refractivity contribution in [3.8, 4) is 0 Å². The molecule has 2 atom stereocenters. The van der Waals surface area contributed by atoms with E-state index in [0.29, 0.717) is 12.1 Å². The summed E-state index contributed by atoms with van der Waals surface area (Å²) in [5.41, 5.74) is 1.10. The SMILES string of the molecule is CC(C)(C)OC(=O)N1CC[C@@H](c2ccccc2)[C@H]1C(=O)c1ccccc1. The highest BCUT2D eigenvalue weighted by Gasteiger charge is 2.44. The molecule has 0 radical (unpaired) electrons. The van der Waals surface area contributed by atoms with Crippen molar-refractivity contribution in [3.63, 3.8) is 0 Å². The zero-order valence-corrected chi connectivity index (χ0v) is 15.5. The number of ether oxygens (including phenoxy) is 1. The van der Waals surface area contributed by atoms with E-state index < -0.39 is 17.7 Å². The first-order valence-electron chi connectivity index (χ1n) is 9.00. The molecular formula is C22H25NO3. The lowest BCUT2D eigenvalue weighted by molar-refractivity contribution is 0.0216. The van der Waals surface area contributed by atoms with Crippen molar-refractivity contribution in [2.24, 2.45) is 0 Å². The zero-order chi connectivity index (χ0) is 18.7. The highest BCUT2D eigenvalue weighted by atomic mass is 16.6. The van der Waals surface area contributed by atoms with Crippen molar-refractivity contribution in [1.29, 1.82) is 0 Å². The number of hydrogen-bond acceptors (Lipinski definition) is 3. The monoisotopic (exact) mass is 351 g/mol. The molecule has 4 heteroatoms. The molecule has 4 nitrogen and oxygen atoms in total. The molecule has 2 aromatic carbocycles. The number of ketones is 1. The van der Waals surface area contributed by atoms with Gasteiger partial charge >= 0.3 is 6.09 Å². The topological polar surface area (TPSA) is 46.6 Å². The normalized spacial score (nSPS) is 20.0. The Balaban J connectivity index is 1.94. The van der Waals surface area contributed by atoms with Gasteiger partial charge in [0.05, 0.1) is 0 Å². The summed E-state index contributed by atoms with van der Waals surface area (Å²) in [7, 11) is 0. The van der Waals surface area contributed by atoms with Crippen LogP contribution >= 0.6 is 0 Å². The fourth-order valence-corrected chi connectivity index (χ4v) is 3.46. The Morgan fingerprint density at radius 2 is 1.54 bits per heavy atom. The number of nitrogens with zero attached hydrogens (tertiary/aromatic N) is 1. The van der Waals surface area contributed by atoms with Gasteiger partial charge < -0.3 is 4.74 Å². The van der Waals surface area contributed by atoms with Crippen LogP contribution in [-0.2, 0) is 4.74 Å². The summed E-state index contributed by atoms with van der Waals surface area (Å²) < 4.78 is 5.56. The van der Waals surface area contributed by atoms with Gasteiger partial charge in [-0.25, -0.2) is 4.79 Å². The van der Waals surface area contributed by atoms with Crippen LogP contribution in [-0.4, -0.2) is 35.0 Å². The minimum atomic E-state index is -0.595. The predicted molar refractivity (Wildman–Crippen MR) is 101 cm³/mol. The highest BCUT2D eigenvalue weighted by Crippen LogP contribution is 2.36. The van der Waals surface area contributed by atoms with Crippen molar-refractivity contribution in [3.05, 3.63) is 71.8 Å². The Hall–Kier alpha value is -2.62. The molecule has 0 aromatic heterocycles. The number of rotatable bonds is 3. The van der Waals surface area contributed by atoms with Crippen molar-refractivity contribution >= 4 is 11.9 Å². The Labute approximate surface area is 154 Å². The standard InChI is InChI=1S/C22H25NO3/c1-22(2,3)26-21(25)23-15-14-18(16-10-6-4-7-11-16)19(23)20(24)17-12-8-5-9-13-17/h4-13,18-19H,14-15H2,1-3H3/t18-,19-/m0/s1. The third-order valence-corrected chi connectivity index (χ3v) is 4.58. The minimum Gasteiger partial charge on any atom is -0.444 e. The van der Waals surface area contributed by atoms with E-state index in [1.165, 1.54) is 0 Å². The van der Waals surface area contributed by atoms with Crippen molar-refractivity contribution in [2.45, 2.75) is 44.8 Å². The quantitative estimate of drug-likeness (QED) is 0.756. The second-order valence-electron chi connectivity index (χ2n) is 7.65. The van der Waals surface area contributed by atoms with Crippen molar-refractivity contribution in [1.82, 2.24) is 4.90 Å². The lowest BCUT2D eigenvalue weighted by atomic mass is 9.87. The maximum absolute atomic E-state index is 13.3. The number of hydrogen-bond donors (Lipinski definition) is 0. The lowest BCUT2D eigenvalue weighted by Crippen LogP contribution is -2.45. The first-order chi connectivity index (χ1) is 12.4. The number of carbonyl (C=O) groups excluding carboxylic acids is 2. The van der Waals surface area contributed by atoms with Gasteiger partial charge in [-0.15, -0.1) is 0 Å². The van der Waals surface area contributed by atoms with Gasteiger partial charge in [0.25, 0.3) is 0 Å². The maximum Gasteiger partial charge on any atom is 0.410 e. The molecule has 0 saturated carbocycles. The van der Waals surface area contributed by atoms with Crippen LogP contribution in [0.1, 0.15) is 49.0 Å². The first kappa shape index (κ1) is 18.2. The second kappa shape index (κ2) is 7.32. The van der Waals surface area contributed by atoms with Gasteiger partial charge in [-0.2, -0.15) is 0 Å². The number of likely N-dealkylation sites (tertiary alicyclic amines) is 1. The van der Waals surface area contributed by atoms with E-state index in [1.54, 1.807) is 17.0 Å². The molecule has 26 heavy (non-hydrogen) atoms. The smallest absolute Gasteiger partial charge is 0.410 e. The molecule has 0 unspecified atom stereocenters. The van der Waals surface area contributed by atoms with E-state index in [1.807, 2.05) is 69.3 Å². The molecule has 2 aromatic rings. The van der Waals surface area contributed by atoms with Crippen LogP contribution in [0.3, 0.4) is 0 Å². The van der Waals surface area contributed by atoms with Gasteiger partial charge in [0.2, 0.25) is 0 Å². The molecule has 1 aliphatic rings. The Kier molecular flexibility index (Phi) is 5.12. The van der Waals surface area contributed by atoms with Crippen molar-refractivity contribution in [2.75, 3.05) is 6.54 Å². The third-order valence-electron chi connectivity index (χ3n) is 4.58. The Morgan fingerprint density at radius 3 is 2.12 bits per heavy atom. The molecule has 0 aliphatic carbocycles. The summed E-state index contributed by atoms with van der Waals surface area (Å²) in [5, 5.41) is 0. The number of amides is 1. The van der Waals surface area contributed by atoms with Gasteiger partial charge in [0.1, 0.15) is 11.6 Å². The lowest BCUT2D eigenvalue weighted by Gasteiger charge is -2.30. The molecule has 0 spiro atoms. The zero-order valence-electron chi connectivity index (χ0n) is 15.5. The Bertz CT molecular complexity index is 765. The van der Waals surface area contributed by atoms with Crippen LogP contribution in [0, 0.1) is 0 Å². The van der Waals surface area contributed by atoms with Crippen LogP contribution in [0.15, 0.2) is 60.7 Å². The van der Waals surface area contributed by atoms with Gasteiger partial charge in [0.15, 0.2) is 5.78 Å². The first-order valence-corrected chi connectivity index (χ1v) is 9.00. The van der Waals surface area contributed by atoms with Crippen LogP contribution in [0.25, 0.3) is 0 Å². The summed E-state index contributed by atoms with van der Waals surface area (Å²) in [4.78, 5) is 27.6. The highest BCUT2D eigenvalue weighted by molar-refractivity contribution is 6.02. The van der Waals surface area contributed by atoms with E-state index in [4.69, 9.17) is 4.74 Å². The molecular weight excluding hydrogens is 326 g/mol. The van der Waals surface area contributed by atoms with Gasteiger partial charge in [-0.1, -0.05) is 60.7 Å². The average molecular weight is 351 g/mol. The molecule has 0 bridgehead atoms. The minimum absolute atomic E-state index is 0.0311. The molecule has 1 heterocycles. The van der Waals surface area contributed by atoms with Crippen molar-refractivity contribution < 1.29 is 14.3 Å². The fourth-order valence-electron chi connectivity index (χ4n) is 3.46. The fraction of sp³-hybridized carbons (Fsp3) is 0.364.